The minimum Gasteiger partial charge on any atom is -0.229 e. The van der Waals surface area contributed by atoms with Crippen LogP contribution in [-0.2, 0) is 0 Å². The maximum atomic E-state index is 4.67. The van der Waals surface area contributed by atoms with Gasteiger partial charge in [-0.2, -0.15) is 0 Å². The summed E-state index contributed by atoms with van der Waals surface area (Å²) in [6.45, 7) is 4.53. The Morgan fingerprint density at radius 1 is 1.50 bits per heavy atom. The minimum atomic E-state index is 0.459. The molecule has 1 fully saturated rings. The van der Waals surface area contributed by atoms with Gasteiger partial charge in [-0.15, -0.1) is 0 Å². The molecule has 0 amide bonds. The SMILES string of the molecule is CCC1CCCC(C)C1N=C=S. The molecular formula is C10H17NS. The van der Waals surface area contributed by atoms with E-state index in [2.05, 4.69) is 36.2 Å². The third-order valence-corrected chi connectivity index (χ3v) is 3.13. The third-order valence-electron chi connectivity index (χ3n) is 3.03. The highest BCUT2D eigenvalue weighted by Crippen LogP contribution is 2.33. The van der Waals surface area contributed by atoms with Gasteiger partial charge < -0.3 is 0 Å². The standard InChI is InChI=1S/C10H17NS/c1-3-9-6-4-5-8(2)10(9)11-7-12/h8-10H,3-6H2,1-2H3. The number of thiocarbonyl (C=S) groups is 1. The first kappa shape index (κ1) is 9.88. The zero-order valence-electron chi connectivity index (χ0n) is 7.92. The number of hydrogen-bond acceptors (Lipinski definition) is 2. The number of rotatable bonds is 2. The monoisotopic (exact) mass is 183 g/mol. The average Bonchev–Trinajstić information content (AvgIpc) is 2.09. The van der Waals surface area contributed by atoms with E-state index in [4.69, 9.17) is 0 Å². The van der Waals surface area contributed by atoms with E-state index in [-0.39, 0.29) is 0 Å². The van der Waals surface area contributed by atoms with Crippen molar-refractivity contribution in [2.24, 2.45) is 16.8 Å². The Kier molecular flexibility index (Phi) is 3.90. The molecule has 1 saturated carbocycles. The largest absolute Gasteiger partial charge is 0.229 e. The van der Waals surface area contributed by atoms with Crippen LogP contribution in [0.1, 0.15) is 39.5 Å². The van der Waals surface area contributed by atoms with E-state index in [0.717, 1.165) is 5.92 Å². The van der Waals surface area contributed by atoms with Crippen LogP contribution in [0.25, 0.3) is 0 Å². The van der Waals surface area contributed by atoms with Crippen LogP contribution in [0.15, 0.2) is 4.99 Å². The summed E-state index contributed by atoms with van der Waals surface area (Å²) in [5.41, 5.74) is 0. The third kappa shape index (κ3) is 2.15. The molecule has 0 aliphatic heterocycles. The fourth-order valence-electron chi connectivity index (χ4n) is 2.25. The van der Waals surface area contributed by atoms with E-state index in [1.54, 1.807) is 0 Å². The van der Waals surface area contributed by atoms with Crippen molar-refractivity contribution >= 4 is 17.4 Å². The molecule has 1 aliphatic carbocycles. The van der Waals surface area contributed by atoms with Crippen LogP contribution < -0.4 is 0 Å². The molecule has 0 N–H and O–H groups in total. The van der Waals surface area contributed by atoms with Crippen LogP contribution in [-0.4, -0.2) is 11.2 Å². The summed E-state index contributed by atoms with van der Waals surface area (Å²) in [5.74, 6) is 1.46. The molecule has 1 aliphatic rings. The molecule has 1 nitrogen and oxygen atoms in total. The second kappa shape index (κ2) is 4.74. The van der Waals surface area contributed by atoms with E-state index in [1.807, 2.05) is 0 Å². The van der Waals surface area contributed by atoms with Gasteiger partial charge in [0.1, 0.15) is 0 Å². The van der Waals surface area contributed by atoms with Gasteiger partial charge in [-0.1, -0.05) is 26.7 Å². The summed E-state index contributed by atoms with van der Waals surface area (Å²) >= 11 is 4.67. The highest BCUT2D eigenvalue weighted by molar-refractivity contribution is 7.78. The van der Waals surface area contributed by atoms with Crippen LogP contribution in [0.3, 0.4) is 0 Å². The molecule has 0 aromatic rings. The fourth-order valence-corrected chi connectivity index (χ4v) is 2.37. The lowest BCUT2D eigenvalue weighted by atomic mass is 9.77. The summed E-state index contributed by atoms with van der Waals surface area (Å²) in [7, 11) is 0. The predicted octanol–water partition coefficient (Wildman–Crippen LogP) is 3.30. The Labute approximate surface area is 80.3 Å². The lowest BCUT2D eigenvalue weighted by Crippen LogP contribution is -2.29. The number of aliphatic imine (C=N–C) groups is 1. The van der Waals surface area contributed by atoms with Crippen molar-refractivity contribution in [1.82, 2.24) is 0 Å². The summed E-state index contributed by atoms with van der Waals surface area (Å²) in [6, 6.07) is 0.459. The van der Waals surface area contributed by atoms with Crippen molar-refractivity contribution in [2.75, 3.05) is 0 Å². The molecule has 2 heteroatoms. The highest BCUT2D eigenvalue weighted by Gasteiger charge is 2.28. The van der Waals surface area contributed by atoms with Crippen molar-refractivity contribution in [2.45, 2.75) is 45.6 Å². The number of nitrogens with zero attached hydrogens (tertiary/aromatic N) is 1. The van der Waals surface area contributed by atoms with Crippen molar-refractivity contribution in [3.8, 4) is 0 Å². The average molecular weight is 183 g/mol. The first-order valence-corrected chi connectivity index (χ1v) is 5.27. The van der Waals surface area contributed by atoms with E-state index in [0.29, 0.717) is 12.0 Å². The zero-order valence-corrected chi connectivity index (χ0v) is 8.73. The molecule has 0 radical (unpaired) electrons. The lowest BCUT2D eigenvalue weighted by molar-refractivity contribution is 0.232. The zero-order chi connectivity index (χ0) is 8.97. The molecule has 0 bridgehead atoms. The van der Waals surface area contributed by atoms with Crippen LogP contribution in [0, 0.1) is 11.8 Å². The van der Waals surface area contributed by atoms with Gasteiger partial charge in [0, 0.05) is 0 Å². The van der Waals surface area contributed by atoms with Gasteiger partial charge in [0.25, 0.3) is 0 Å². The maximum Gasteiger partial charge on any atom is 0.0656 e. The molecule has 0 aromatic heterocycles. The minimum absolute atomic E-state index is 0.459. The molecule has 1 rings (SSSR count). The molecule has 0 saturated heterocycles. The quantitative estimate of drug-likeness (QED) is 0.472. The normalized spacial score (nSPS) is 35.7. The molecule has 12 heavy (non-hydrogen) atoms. The maximum absolute atomic E-state index is 4.67. The van der Waals surface area contributed by atoms with E-state index in [9.17, 15) is 0 Å². The Morgan fingerprint density at radius 2 is 2.25 bits per heavy atom. The Bertz CT molecular complexity index is 184. The van der Waals surface area contributed by atoms with Crippen LogP contribution >= 0.6 is 12.2 Å². The second-order valence-electron chi connectivity index (χ2n) is 3.79. The van der Waals surface area contributed by atoms with Gasteiger partial charge in [0.15, 0.2) is 0 Å². The molecule has 0 spiro atoms. The molecule has 3 unspecified atom stereocenters. The molecule has 0 heterocycles. The van der Waals surface area contributed by atoms with E-state index in [1.165, 1.54) is 25.7 Å². The summed E-state index contributed by atoms with van der Waals surface area (Å²) in [6.07, 6.45) is 5.23. The van der Waals surface area contributed by atoms with Crippen LogP contribution in [0.2, 0.25) is 0 Å². The Morgan fingerprint density at radius 3 is 2.83 bits per heavy atom. The smallest absolute Gasteiger partial charge is 0.0656 e. The first-order chi connectivity index (χ1) is 5.79. The summed E-state index contributed by atoms with van der Waals surface area (Å²) in [4.78, 5) is 4.28. The van der Waals surface area contributed by atoms with Crippen LogP contribution in [0.5, 0.6) is 0 Å². The lowest BCUT2D eigenvalue weighted by Gasteiger charge is -2.32. The van der Waals surface area contributed by atoms with Gasteiger partial charge in [-0.25, -0.2) is 4.99 Å². The van der Waals surface area contributed by atoms with Gasteiger partial charge in [0.2, 0.25) is 0 Å². The Balaban J connectivity index is 2.65. The van der Waals surface area contributed by atoms with Crippen LogP contribution in [0.4, 0.5) is 0 Å². The highest BCUT2D eigenvalue weighted by atomic mass is 32.1. The molecule has 68 valence electrons. The Hall–Kier alpha value is -0.200. The summed E-state index contributed by atoms with van der Waals surface area (Å²) < 4.78 is 0. The predicted molar refractivity (Wildman–Crippen MR) is 55.6 cm³/mol. The van der Waals surface area contributed by atoms with Gasteiger partial charge in [-0.3, -0.25) is 0 Å². The number of isothiocyanates is 1. The van der Waals surface area contributed by atoms with Gasteiger partial charge in [-0.05, 0) is 36.9 Å². The van der Waals surface area contributed by atoms with Gasteiger partial charge >= 0.3 is 0 Å². The number of hydrogen-bond donors (Lipinski definition) is 0. The van der Waals surface area contributed by atoms with E-state index < -0.39 is 0 Å². The molecular weight excluding hydrogens is 166 g/mol. The van der Waals surface area contributed by atoms with Crippen molar-refractivity contribution < 1.29 is 0 Å². The second-order valence-corrected chi connectivity index (χ2v) is 3.97. The summed E-state index contributed by atoms with van der Waals surface area (Å²) in [5, 5.41) is 2.54. The van der Waals surface area contributed by atoms with E-state index >= 15 is 0 Å². The van der Waals surface area contributed by atoms with Crippen molar-refractivity contribution in [3.63, 3.8) is 0 Å². The fraction of sp³-hybridized carbons (Fsp3) is 0.900. The van der Waals surface area contributed by atoms with Crippen molar-refractivity contribution in [1.29, 1.82) is 0 Å². The first-order valence-electron chi connectivity index (χ1n) is 4.86. The molecule has 0 aromatic carbocycles. The molecule has 3 atom stereocenters. The van der Waals surface area contributed by atoms with Gasteiger partial charge in [0.05, 0.1) is 11.2 Å². The van der Waals surface area contributed by atoms with Crippen molar-refractivity contribution in [3.05, 3.63) is 0 Å². The topological polar surface area (TPSA) is 12.4 Å².